The minimum atomic E-state index is -4.00. The zero-order valence-corrected chi connectivity index (χ0v) is 13.1. The molecule has 0 N–H and O–H groups in total. The summed E-state index contributed by atoms with van der Waals surface area (Å²) >= 11 is 0. The lowest BCUT2D eigenvalue weighted by atomic mass is 10.1. The van der Waals surface area contributed by atoms with Gasteiger partial charge in [-0.25, -0.2) is 12.8 Å². The van der Waals surface area contributed by atoms with Gasteiger partial charge in [-0.05, 0) is 38.5 Å². The van der Waals surface area contributed by atoms with Gasteiger partial charge in [-0.3, -0.25) is 4.79 Å². The van der Waals surface area contributed by atoms with Crippen LogP contribution in [0.15, 0.2) is 23.1 Å². The third-order valence-electron chi connectivity index (χ3n) is 3.17. The monoisotopic (exact) mass is 321 g/mol. The molecule has 0 saturated heterocycles. The van der Waals surface area contributed by atoms with Crippen LogP contribution in [0.5, 0.6) is 0 Å². The van der Waals surface area contributed by atoms with Crippen LogP contribution in [0, 0.1) is 5.82 Å². The molecule has 0 radical (unpaired) electrons. The van der Waals surface area contributed by atoms with E-state index >= 15 is 0 Å². The van der Waals surface area contributed by atoms with Crippen LogP contribution >= 0.6 is 10.7 Å². The first-order chi connectivity index (χ1) is 9.22. The third-order valence-corrected chi connectivity index (χ3v) is 4.53. The Morgan fingerprint density at radius 1 is 1.40 bits per heavy atom. The van der Waals surface area contributed by atoms with Gasteiger partial charge in [0.25, 0.3) is 15.0 Å². The van der Waals surface area contributed by atoms with Crippen molar-refractivity contribution in [3.05, 3.63) is 29.6 Å². The van der Waals surface area contributed by atoms with Gasteiger partial charge in [0.2, 0.25) is 0 Å². The Labute approximate surface area is 123 Å². The van der Waals surface area contributed by atoms with Gasteiger partial charge in [0.15, 0.2) is 0 Å². The first kappa shape index (κ1) is 16.9. The molecule has 0 aliphatic carbocycles. The van der Waals surface area contributed by atoms with Crippen molar-refractivity contribution in [1.29, 1.82) is 0 Å². The van der Waals surface area contributed by atoms with E-state index in [-0.39, 0.29) is 16.5 Å². The highest BCUT2D eigenvalue weighted by atomic mass is 35.7. The van der Waals surface area contributed by atoms with Gasteiger partial charge in [0.05, 0.1) is 10.5 Å². The molecule has 0 heterocycles. The van der Waals surface area contributed by atoms with Gasteiger partial charge < -0.3 is 4.90 Å². The summed E-state index contributed by atoms with van der Waals surface area (Å²) in [6.07, 6.45) is 0.717. The lowest BCUT2D eigenvalue weighted by Gasteiger charge is -2.27. The van der Waals surface area contributed by atoms with Crippen LogP contribution in [0.2, 0.25) is 0 Å². The number of halogens is 2. The second-order valence-electron chi connectivity index (χ2n) is 4.43. The Balaban J connectivity index is 3.28. The van der Waals surface area contributed by atoms with E-state index in [1.54, 1.807) is 6.92 Å². The number of amides is 1. The smallest absolute Gasteiger partial charge is 0.261 e. The lowest BCUT2D eigenvalue weighted by molar-refractivity contribution is 0.0695. The summed E-state index contributed by atoms with van der Waals surface area (Å²) in [6, 6.07) is 2.88. The molecule has 112 valence electrons. The summed E-state index contributed by atoms with van der Waals surface area (Å²) in [7, 11) is 1.22. The third kappa shape index (κ3) is 3.70. The average Bonchev–Trinajstić information content (AvgIpc) is 2.38. The molecule has 20 heavy (non-hydrogen) atoms. The van der Waals surface area contributed by atoms with Crippen LogP contribution in [-0.2, 0) is 9.05 Å². The molecule has 0 spiro atoms. The summed E-state index contributed by atoms with van der Waals surface area (Å²) in [4.78, 5) is 13.5. The fourth-order valence-corrected chi connectivity index (χ4v) is 2.63. The maximum Gasteiger partial charge on any atom is 0.261 e. The lowest BCUT2D eigenvalue weighted by Crippen LogP contribution is -2.38. The number of hydrogen-bond acceptors (Lipinski definition) is 3. The van der Waals surface area contributed by atoms with E-state index in [0.717, 1.165) is 18.2 Å². The second kappa shape index (κ2) is 6.54. The second-order valence-corrected chi connectivity index (χ2v) is 6.99. The van der Waals surface area contributed by atoms with Crippen molar-refractivity contribution in [2.45, 2.75) is 38.1 Å². The van der Waals surface area contributed by atoms with Crippen LogP contribution in [0.25, 0.3) is 0 Å². The predicted molar refractivity (Wildman–Crippen MR) is 75.9 cm³/mol. The number of carbonyl (C=O) groups is 1. The Hall–Kier alpha value is -1.14. The molecular weight excluding hydrogens is 305 g/mol. The molecule has 0 aliphatic heterocycles. The van der Waals surface area contributed by atoms with E-state index in [9.17, 15) is 17.6 Å². The molecule has 1 unspecified atom stereocenters. The number of nitrogens with zero attached hydrogens (tertiary/aromatic N) is 1. The predicted octanol–water partition coefficient (Wildman–Crippen LogP) is 3.01. The molecule has 1 rings (SSSR count). The highest BCUT2D eigenvalue weighted by Gasteiger charge is 2.23. The van der Waals surface area contributed by atoms with Gasteiger partial charge in [0, 0.05) is 23.3 Å². The average molecular weight is 322 g/mol. The number of rotatable bonds is 5. The van der Waals surface area contributed by atoms with Crippen molar-refractivity contribution in [2.24, 2.45) is 0 Å². The molecule has 1 aromatic rings. The standard InChI is InChI=1S/C13H17ClFNO3S/c1-4-9(3)16(5-2)13(17)11-8-10(20(14,18)19)6-7-12(11)15/h6-9H,4-5H2,1-3H3. The van der Waals surface area contributed by atoms with Gasteiger partial charge in [-0.15, -0.1) is 0 Å². The maximum atomic E-state index is 13.8. The molecule has 7 heteroatoms. The van der Waals surface area contributed by atoms with Crippen molar-refractivity contribution in [2.75, 3.05) is 6.54 Å². The molecule has 1 aromatic carbocycles. The SMILES string of the molecule is CCC(C)N(CC)C(=O)c1cc(S(=O)(=O)Cl)ccc1F. The minimum absolute atomic E-state index is 0.0665. The van der Waals surface area contributed by atoms with Crippen molar-refractivity contribution in [3.8, 4) is 0 Å². The Bertz CT molecular complexity index is 604. The first-order valence-electron chi connectivity index (χ1n) is 6.27. The quantitative estimate of drug-likeness (QED) is 0.783. The summed E-state index contributed by atoms with van der Waals surface area (Å²) in [5.41, 5.74) is -0.283. The molecule has 4 nitrogen and oxygen atoms in total. The first-order valence-corrected chi connectivity index (χ1v) is 8.58. The van der Waals surface area contributed by atoms with Crippen LogP contribution < -0.4 is 0 Å². The Morgan fingerprint density at radius 2 is 2.00 bits per heavy atom. The summed E-state index contributed by atoms with van der Waals surface area (Å²) in [6.45, 7) is 5.95. The van der Waals surface area contributed by atoms with E-state index in [4.69, 9.17) is 10.7 Å². The van der Waals surface area contributed by atoms with Crippen molar-refractivity contribution < 1.29 is 17.6 Å². The highest BCUT2D eigenvalue weighted by Crippen LogP contribution is 2.21. The van der Waals surface area contributed by atoms with Crippen molar-refractivity contribution in [1.82, 2.24) is 4.90 Å². The van der Waals surface area contributed by atoms with Gasteiger partial charge in [0.1, 0.15) is 5.82 Å². The largest absolute Gasteiger partial charge is 0.336 e. The molecule has 0 saturated carbocycles. The normalized spacial score (nSPS) is 13.1. The van der Waals surface area contributed by atoms with E-state index < -0.39 is 20.8 Å². The Morgan fingerprint density at radius 3 is 2.45 bits per heavy atom. The molecule has 0 bridgehead atoms. The summed E-state index contributed by atoms with van der Waals surface area (Å²) < 4.78 is 36.3. The van der Waals surface area contributed by atoms with Gasteiger partial charge in [-0.1, -0.05) is 6.92 Å². The van der Waals surface area contributed by atoms with Crippen LogP contribution in [0.3, 0.4) is 0 Å². The van der Waals surface area contributed by atoms with E-state index in [2.05, 4.69) is 0 Å². The fourth-order valence-electron chi connectivity index (χ4n) is 1.85. The summed E-state index contributed by atoms with van der Waals surface area (Å²) in [5.74, 6) is -1.30. The van der Waals surface area contributed by atoms with Crippen LogP contribution in [-0.4, -0.2) is 31.8 Å². The van der Waals surface area contributed by atoms with Crippen molar-refractivity contribution >= 4 is 25.6 Å². The number of hydrogen-bond donors (Lipinski definition) is 0. The highest BCUT2D eigenvalue weighted by molar-refractivity contribution is 8.13. The molecule has 1 amide bonds. The van der Waals surface area contributed by atoms with Crippen LogP contribution in [0.4, 0.5) is 4.39 Å². The molecule has 0 aromatic heterocycles. The van der Waals surface area contributed by atoms with E-state index in [1.165, 1.54) is 4.90 Å². The minimum Gasteiger partial charge on any atom is -0.336 e. The Kier molecular flexibility index (Phi) is 5.53. The number of benzene rings is 1. The van der Waals surface area contributed by atoms with Crippen molar-refractivity contribution in [3.63, 3.8) is 0 Å². The summed E-state index contributed by atoms with van der Waals surface area (Å²) in [5, 5.41) is 0. The molecule has 1 atom stereocenters. The molecule has 0 aliphatic rings. The van der Waals surface area contributed by atoms with Crippen LogP contribution in [0.1, 0.15) is 37.6 Å². The fraction of sp³-hybridized carbons (Fsp3) is 0.462. The maximum absolute atomic E-state index is 13.8. The topological polar surface area (TPSA) is 54.5 Å². The molecule has 0 fully saturated rings. The van der Waals surface area contributed by atoms with E-state index in [1.807, 2.05) is 13.8 Å². The van der Waals surface area contributed by atoms with Gasteiger partial charge >= 0.3 is 0 Å². The molecular formula is C13H17ClFNO3S. The van der Waals surface area contributed by atoms with Gasteiger partial charge in [-0.2, -0.15) is 0 Å². The number of carbonyl (C=O) groups excluding carboxylic acids is 1. The van der Waals surface area contributed by atoms with E-state index in [0.29, 0.717) is 13.0 Å². The zero-order chi connectivity index (χ0) is 15.5. The zero-order valence-electron chi connectivity index (χ0n) is 11.6.